The molecule has 5 nitrogen and oxygen atoms in total. The van der Waals surface area contributed by atoms with Crippen molar-refractivity contribution in [1.29, 1.82) is 0 Å². The molecule has 0 aliphatic rings. The van der Waals surface area contributed by atoms with E-state index in [-0.39, 0.29) is 11.5 Å². The molecule has 0 saturated carbocycles. The van der Waals surface area contributed by atoms with Crippen LogP contribution in [0.5, 0.6) is 0 Å². The molecule has 1 amide bonds. The maximum atomic E-state index is 13.8. The van der Waals surface area contributed by atoms with Gasteiger partial charge < -0.3 is 11.1 Å². The summed E-state index contributed by atoms with van der Waals surface area (Å²) < 4.78 is 13.8. The number of hydrogen-bond donors (Lipinski definition) is 2. The molecule has 1 aromatic heterocycles. The molecular weight excluding hydrogens is 295 g/mol. The zero-order valence-corrected chi connectivity index (χ0v) is 14.0. The van der Waals surface area contributed by atoms with Crippen LogP contribution in [0, 0.1) is 19.7 Å². The van der Waals surface area contributed by atoms with Crippen LogP contribution in [0.3, 0.4) is 0 Å². The molecule has 0 saturated heterocycles. The predicted octanol–water partition coefficient (Wildman–Crippen LogP) is 2.63. The molecule has 0 atom stereocenters. The van der Waals surface area contributed by atoms with Gasteiger partial charge in [-0.3, -0.25) is 4.79 Å². The van der Waals surface area contributed by atoms with Crippen LogP contribution >= 0.6 is 0 Å². The maximum absolute atomic E-state index is 13.8. The van der Waals surface area contributed by atoms with Gasteiger partial charge in [-0.15, -0.1) is 0 Å². The molecule has 0 aliphatic carbocycles. The summed E-state index contributed by atoms with van der Waals surface area (Å²) in [7, 11) is 0. The summed E-state index contributed by atoms with van der Waals surface area (Å²) in [5, 5.41) is 2.80. The van der Waals surface area contributed by atoms with Gasteiger partial charge in [-0.1, -0.05) is 13.8 Å². The van der Waals surface area contributed by atoms with Crippen molar-refractivity contribution in [1.82, 2.24) is 15.3 Å². The van der Waals surface area contributed by atoms with Crippen molar-refractivity contribution < 1.29 is 9.18 Å². The van der Waals surface area contributed by atoms with Gasteiger partial charge in [0.1, 0.15) is 11.3 Å². The van der Waals surface area contributed by atoms with Crippen molar-refractivity contribution in [3.05, 3.63) is 34.9 Å². The van der Waals surface area contributed by atoms with Gasteiger partial charge in [0.25, 0.3) is 5.91 Å². The van der Waals surface area contributed by atoms with Gasteiger partial charge in [-0.25, -0.2) is 14.4 Å². The third-order valence-electron chi connectivity index (χ3n) is 4.40. The maximum Gasteiger partial charge on any atom is 0.253 e. The minimum Gasteiger partial charge on any atom is -0.350 e. The highest BCUT2D eigenvalue weighted by Gasteiger charge is 2.22. The van der Waals surface area contributed by atoms with Crippen molar-refractivity contribution >= 4 is 16.9 Å². The van der Waals surface area contributed by atoms with E-state index in [4.69, 9.17) is 5.73 Å². The number of fused-ring (bicyclic) bond motifs is 1. The average Bonchev–Trinajstić information content (AvgIpc) is 2.53. The molecule has 2 aromatic rings. The molecular formula is C17H23FN4O. The molecule has 1 heterocycles. The third-order valence-corrected chi connectivity index (χ3v) is 4.40. The molecule has 0 unspecified atom stereocenters. The average molecular weight is 318 g/mol. The number of rotatable bonds is 5. The second-order valence-electron chi connectivity index (χ2n) is 5.97. The number of aryl methyl sites for hydroxylation is 2. The number of carbonyl (C=O) groups is 1. The Morgan fingerprint density at radius 3 is 2.43 bits per heavy atom. The number of nitrogens with zero attached hydrogens (tertiary/aromatic N) is 2. The normalized spacial score (nSPS) is 11.7. The van der Waals surface area contributed by atoms with Crippen LogP contribution in [0.2, 0.25) is 0 Å². The molecule has 0 aliphatic heterocycles. The first-order valence-corrected chi connectivity index (χ1v) is 7.81. The first-order chi connectivity index (χ1) is 10.8. The summed E-state index contributed by atoms with van der Waals surface area (Å²) >= 11 is 0. The lowest BCUT2D eigenvalue weighted by molar-refractivity contribution is 0.0943. The lowest BCUT2D eigenvalue weighted by Crippen LogP contribution is -2.49. The van der Waals surface area contributed by atoms with Gasteiger partial charge in [0.05, 0.1) is 22.5 Å². The molecule has 2 rings (SSSR count). The van der Waals surface area contributed by atoms with E-state index in [1.54, 1.807) is 6.92 Å². The predicted molar refractivity (Wildman–Crippen MR) is 88.8 cm³/mol. The van der Waals surface area contributed by atoms with Crippen molar-refractivity contribution in [2.75, 3.05) is 6.54 Å². The lowest BCUT2D eigenvalue weighted by atomic mass is 9.94. The molecule has 6 heteroatoms. The standard InChI is InChI=1S/C17H23FN4O/c1-5-17(19,6-2)9-20-16(23)13-7-12(18)8-14-15(13)22-11(4)10(3)21-14/h7-8H,5-6,9,19H2,1-4H3,(H,20,23). The minimum absolute atomic E-state index is 0.185. The monoisotopic (exact) mass is 318 g/mol. The summed E-state index contributed by atoms with van der Waals surface area (Å²) in [5.74, 6) is -0.894. The summed E-state index contributed by atoms with van der Waals surface area (Å²) in [6.07, 6.45) is 1.48. The van der Waals surface area contributed by atoms with Crippen molar-refractivity contribution in [2.45, 2.75) is 46.1 Å². The minimum atomic E-state index is -0.509. The molecule has 3 N–H and O–H groups in total. The first-order valence-electron chi connectivity index (χ1n) is 7.81. The SMILES string of the molecule is CCC(N)(CC)CNC(=O)c1cc(F)cc2nc(C)c(C)nc12. The topological polar surface area (TPSA) is 80.9 Å². The van der Waals surface area contributed by atoms with Gasteiger partial charge in [0.15, 0.2) is 0 Å². The zero-order chi connectivity index (χ0) is 17.2. The summed E-state index contributed by atoms with van der Waals surface area (Å²) in [6.45, 7) is 7.90. The Kier molecular flexibility index (Phi) is 4.94. The third kappa shape index (κ3) is 3.64. The largest absolute Gasteiger partial charge is 0.350 e. The van der Waals surface area contributed by atoms with E-state index in [9.17, 15) is 9.18 Å². The van der Waals surface area contributed by atoms with Crippen LogP contribution in [-0.4, -0.2) is 28.0 Å². The summed E-state index contributed by atoms with van der Waals surface area (Å²) in [4.78, 5) is 21.2. The lowest BCUT2D eigenvalue weighted by Gasteiger charge is -2.26. The smallest absolute Gasteiger partial charge is 0.253 e. The number of nitrogens with one attached hydrogen (secondary N) is 1. The van der Waals surface area contributed by atoms with Gasteiger partial charge >= 0.3 is 0 Å². The van der Waals surface area contributed by atoms with E-state index in [1.165, 1.54) is 12.1 Å². The fourth-order valence-electron chi connectivity index (χ4n) is 2.32. The second kappa shape index (κ2) is 6.58. The Bertz CT molecular complexity index is 741. The van der Waals surface area contributed by atoms with Gasteiger partial charge in [-0.2, -0.15) is 0 Å². The van der Waals surface area contributed by atoms with Crippen LogP contribution in [0.15, 0.2) is 12.1 Å². The highest BCUT2D eigenvalue weighted by atomic mass is 19.1. The molecule has 23 heavy (non-hydrogen) atoms. The van der Waals surface area contributed by atoms with E-state index >= 15 is 0 Å². The van der Waals surface area contributed by atoms with E-state index < -0.39 is 11.4 Å². The number of amides is 1. The van der Waals surface area contributed by atoms with Gasteiger partial charge in [-0.05, 0) is 32.8 Å². The quantitative estimate of drug-likeness (QED) is 0.888. The van der Waals surface area contributed by atoms with Crippen molar-refractivity contribution in [2.24, 2.45) is 5.73 Å². The highest BCUT2D eigenvalue weighted by molar-refractivity contribution is 6.04. The Balaban J connectivity index is 2.38. The van der Waals surface area contributed by atoms with Crippen LogP contribution in [-0.2, 0) is 0 Å². The number of halogens is 1. The zero-order valence-electron chi connectivity index (χ0n) is 14.0. The van der Waals surface area contributed by atoms with Crippen LogP contribution in [0.25, 0.3) is 11.0 Å². The number of hydrogen-bond acceptors (Lipinski definition) is 4. The first kappa shape index (κ1) is 17.3. The Hall–Kier alpha value is -2.08. The molecule has 1 aromatic carbocycles. The van der Waals surface area contributed by atoms with Crippen molar-refractivity contribution in [3.63, 3.8) is 0 Å². The van der Waals surface area contributed by atoms with E-state index in [0.717, 1.165) is 12.8 Å². The Morgan fingerprint density at radius 2 is 1.83 bits per heavy atom. The summed E-state index contributed by atoms with van der Waals surface area (Å²) in [5.41, 5.74) is 8.13. The molecule has 0 fully saturated rings. The number of benzene rings is 1. The van der Waals surface area contributed by atoms with E-state index in [1.807, 2.05) is 20.8 Å². The number of nitrogens with two attached hydrogens (primary N) is 1. The molecule has 0 spiro atoms. The Morgan fingerprint density at radius 1 is 1.22 bits per heavy atom. The van der Waals surface area contributed by atoms with E-state index in [0.29, 0.717) is 29.0 Å². The van der Waals surface area contributed by atoms with Gasteiger partial charge in [0, 0.05) is 18.2 Å². The fourth-order valence-corrected chi connectivity index (χ4v) is 2.32. The van der Waals surface area contributed by atoms with Crippen molar-refractivity contribution in [3.8, 4) is 0 Å². The highest BCUT2D eigenvalue weighted by Crippen LogP contribution is 2.19. The second-order valence-corrected chi connectivity index (χ2v) is 5.97. The molecule has 0 bridgehead atoms. The van der Waals surface area contributed by atoms with Crippen LogP contribution in [0.4, 0.5) is 4.39 Å². The molecule has 0 radical (unpaired) electrons. The van der Waals surface area contributed by atoms with E-state index in [2.05, 4.69) is 15.3 Å². The summed E-state index contributed by atoms with van der Waals surface area (Å²) in [6, 6.07) is 2.48. The van der Waals surface area contributed by atoms with Crippen LogP contribution < -0.4 is 11.1 Å². The van der Waals surface area contributed by atoms with Crippen LogP contribution in [0.1, 0.15) is 48.4 Å². The van der Waals surface area contributed by atoms with Gasteiger partial charge in [0.2, 0.25) is 0 Å². The number of aromatic nitrogens is 2. The fraction of sp³-hybridized carbons (Fsp3) is 0.471. The number of carbonyl (C=O) groups excluding carboxylic acids is 1. The Labute approximate surface area is 135 Å². The molecule has 124 valence electrons.